The molecule has 0 atom stereocenters. The molecular formula is C15H17NO. The Morgan fingerprint density at radius 2 is 2.18 bits per heavy atom. The van der Waals surface area contributed by atoms with Crippen LogP contribution in [0.25, 0.3) is 10.9 Å². The first-order valence-corrected chi connectivity index (χ1v) is 6.29. The van der Waals surface area contributed by atoms with Gasteiger partial charge >= 0.3 is 0 Å². The molecule has 17 heavy (non-hydrogen) atoms. The Labute approximate surface area is 102 Å². The quantitative estimate of drug-likeness (QED) is 0.798. The number of rotatable bonds is 3. The van der Waals surface area contributed by atoms with Gasteiger partial charge in [-0.2, -0.15) is 0 Å². The Morgan fingerprint density at radius 1 is 1.35 bits per heavy atom. The first-order chi connectivity index (χ1) is 8.33. The van der Waals surface area contributed by atoms with Gasteiger partial charge in [-0.15, -0.1) is 0 Å². The van der Waals surface area contributed by atoms with Crippen molar-refractivity contribution in [1.29, 1.82) is 0 Å². The Kier molecular flexibility index (Phi) is 2.50. The maximum absolute atomic E-state index is 5.32. The van der Waals surface area contributed by atoms with Crippen molar-refractivity contribution in [2.75, 3.05) is 7.11 Å². The number of aromatic nitrogens is 1. The highest BCUT2D eigenvalue weighted by atomic mass is 16.5. The third-order valence-corrected chi connectivity index (χ3v) is 3.57. The van der Waals surface area contributed by atoms with Gasteiger partial charge < -0.3 is 4.74 Å². The molecule has 0 aliphatic heterocycles. The van der Waals surface area contributed by atoms with Crippen molar-refractivity contribution in [3.05, 3.63) is 35.5 Å². The molecule has 1 fully saturated rings. The maximum atomic E-state index is 5.32. The molecule has 2 nitrogen and oxygen atoms in total. The van der Waals surface area contributed by atoms with Crippen LogP contribution < -0.4 is 4.74 Å². The van der Waals surface area contributed by atoms with Crippen LogP contribution in [-0.4, -0.2) is 12.1 Å². The van der Waals surface area contributed by atoms with Crippen molar-refractivity contribution >= 4 is 10.9 Å². The summed E-state index contributed by atoms with van der Waals surface area (Å²) < 4.78 is 5.32. The normalized spacial score (nSPS) is 15.2. The predicted molar refractivity (Wildman–Crippen MR) is 69.6 cm³/mol. The average molecular weight is 227 g/mol. The molecule has 0 radical (unpaired) electrons. The number of nitrogens with zero attached hydrogens (tertiary/aromatic N) is 1. The molecular weight excluding hydrogens is 210 g/mol. The summed E-state index contributed by atoms with van der Waals surface area (Å²) in [6.45, 7) is 2.20. The Bertz CT molecular complexity index is 553. The lowest BCUT2D eigenvalue weighted by atomic mass is 9.98. The molecule has 2 aromatic rings. The maximum Gasteiger partial charge on any atom is 0.119 e. The molecule has 0 unspecified atom stereocenters. The number of hydrogen-bond donors (Lipinski definition) is 0. The number of fused-ring (bicyclic) bond motifs is 1. The fourth-order valence-corrected chi connectivity index (χ4v) is 2.50. The molecule has 0 N–H and O–H groups in total. The predicted octanol–water partition coefficient (Wildman–Crippen LogP) is 3.68. The van der Waals surface area contributed by atoms with Crippen molar-refractivity contribution < 1.29 is 4.74 Å². The second kappa shape index (κ2) is 4.02. The summed E-state index contributed by atoms with van der Waals surface area (Å²) >= 11 is 0. The average Bonchev–Trinajstić information content (AvgIpc) is 3.20. The summed E-state index contributed by atoms with van der Waals surface area (Å²) in [6, 6.07) is 6.17. The smallest absolute Gasteiger partial charge is 0.119 e. The van der Waals surface area contributed by atoms with Crippen LogP contribution in [0.15, 0.2) is 24.4 Å². The zero-order valence-electron chi connectivity index (χ0n) is 10.4. The number of methoxy groups -OCH3 is 1. The molecule has 1 saturated carbocycles. The summed E-state index contributed by atoms with van der Waals surface area (Å²) in [5.41, 5.74) is 3.99. The van der Waals surface area contributed by atoms with Gasteiger partial charge in [0.25, 0.3) is 0 Å². The summed E-state index contributed by atoms with van der Waals surface area (Å²) in [5, 5.41) is 1.28. The van der Waals surface area contributed by atoms with Crippen molar-refractivity contribution in [2.45, 2.75) is 32.1 Å². The van der Waals surface area contributed by atoms with Gasteiger partial charge in [-0.3, -0.25) is 4.98 Å². The summed E-state index contributed by atoms with van der Waals surface area (Å²) in [6.07, 6.45) is 5.75. The van der Waals surface area contributed by atoms with Crippen LogP contribution in [0.4, 0.5) is 0 Å². The lowest BCUT2D eigenvalue weighted by Gasteiger charge is -2.11. The van der Waals surface area contributed by atoms with Crippen LogP contribution in [0.3, 0.4) is 0 Å². The zero-order valence-corrected chi connectivity index (χ0v) is 10.4. The van der Waals surface area contributed by atoms with Gasteiger partial charge in [0.05, 0.1) is 12.6 Å². The van der Waals surface area contributed by atoms with E-state index >= 15 is 0 Å². The second-order valence-electron chi connectivity index (χ2n) is 4.71. The number of aryl methyl sites for hydroxylation is 1. The van der Waals surface area contributed by atoms with E-state index in [-0.39, 0.29) is 0 Å². The molecule has 0 saturated heterocycles. The third kappa shape index (κ3) is 1.78. The van der Waals surface area contributed by atoms with Crippen molar-refractivity contribution in [1.82, 2.24) is 4.98 Å². The summed E-state index contributed by atoms with van der Waals surface area (Å²) in [5.74, 6) is 1.68. The van der Waals surface area contributed by atoms with Crippen LogP contribution >= 0.6 is 0 Å². The lowest BCUT2D eigenvalue weighted by Crippen LogP contribution is -1.95. The molecule has 2 heteroatoms. The Hall–Kier alpha value is -1.57. The fraction of sp³-hybridized carbons (Fsp3) is 0.400. The van der Waals surface area contributed by atoms with E-state index in [2.05, 4.69) is 24.0 Å². The molecule has 1 heterocycles. The van der Waals surface area contributed by atoms with Crippen molar-refractivity contribution in [3.8, 4) is 5.75 Å². The molecule has 1 aliphatic carbocycles. The van der Waals surface area contributed by atoms with Gasteiger partial charge in [-0.1, -0.05) is 6.92 Å². The number of benzene rings is 1. The minimum atomic E-state index is 0.752. The Balaban J connectivity index is 2.28. The minimum absolute atomic E-state index is 0.752. The van der Waals surface area contributed by atoms with Crippen molar-refractivity contribution in [3.63, 3.8) is 0 Å². The second-order valence-corrected chi connectivity index (χ2v) is 4.71. The van der Waals surface area contributed by atoms with Crippen LogP contribution in [0.2, 0.25) is 0 Å². The van der Waals surface area contributed by atoms with E-state index in [1.54, 1.807) is 7.11 Å². The van der Waals surface area contributed by atoms with E-state index < -0.39 is 0 Å². The first-order valence-electron chi connectivity index (χ1n) is 6.29. The van der Waals surface area contributed by atoms with Crippen molar-refractivity contribution in [2.24, 2.45) is 0 Å². The van der Waals surface area contributed by atoms with E-state index in [1.165, 1.54) is 29.4 Å². The van der Waals surface area contributed by atoms with Gasteiger partial charge in [-0.25, -0.2) is 0 Å². The monoisotopic (exact) mass is 227 g/mol. The van der Waals surface area contributed by atoms with Gasteiger partial charge in [0, 0.05) is 11.6 Å². The van der Waals surface area contributed by atoms with E-state index in [1.807, 2.05) is 12.3 Å². The van der Waals surface area contributed by atoms with E-state index in [0.29, 0.717) is 0 Å². The highest BCUT2D eigenvalue weighted by molar-refractivity contribution is 5.85. The minimum Gasteiger partial charge on any atom is -0.497 e. The Morgan fingerprint density at radius 3 is 2.82 bits per heavy atom. The van der Waals surface area contributed by atoms with Gasteiger partial charge in [0.15, 0.2) is 0 Å². The number of hydrogen-bond acceptors (Lipinski definition) is 2. The zero-order chi connectivity index (χ0) is 11.8. The SMILES string of the molecule is CCc1cnc2ccc(OC)cc2c1C1CC1. The lowest BCUT2D eigenvalue weighted by molar-refractivity contribution is 0.415. The topological polar surface area (TPSA) is 22.1 Å². The van der Waals surface area contributed by atoms with E-state index in [0.717, 1.165) is 23.6 Å². The molecule has 3 rings (SSSR count). The number of pyridine rings is 1. The molecule has 1 aromatic carbocycles. The molecule has 1 aliphatic rings. The van der Waals surface area contributed by atoms with Crippen LogP contribution in [0.1, 0.15) is 36.8 Å². The third-order valence-electron chi connectivity index (χ3n) is 3.57. The van der Waals surface area contributed by atoms with Crippen LogP contribution in [0, 0.1) is 0 Å². The molecule has 88 valence electrons. The number of ether oxygens (including phenoxy) is 1. The highest BCUT2D eigenvalue weighted by Gasteiger charge is 2.27. The van der Waals surface area contributed by atoms with Gasteiger partial charge in [0.1, 0.15) is 5.75 Å². The standard InChI is InChI=1S/C15H17NO/c1-3-10-9-16-14-7-6-12(17-2)8-13(14)15(10)11-4-5-11/h6-9,11H,3-5H2,1-2H3. The summed E-state index contributed by atoms with van der Waals surface area (Å²) in [4.78, 5) is 4.54. The van der Waals surface area contributed by atoms with E-state index in [4.69, 9.17) is 4.74 Å². The van der Waals surface area contributed by atoms with Gasteiger partial charge in [0.2, 0.25) is 0 Å². The molecule has 1 aromatic heterocycles. The highest BCUT2D eigenvalue weighted by Crippen LogP contribution is 2.45. The van der Waals surface area contributed by atoms with Crippen LogP contribution in [-0.2, 0) is 6.42 Å². The largest absolute Gasteiger partial charge is 0.497 e. The fourth-order valence-electron chi connectivity index (χ4n) is 2.50. The molecule has 0 spiro atoms. The summed E-state index contributed by atoms with van der Waals surface area (Å²) in [7, 11) is 1.72. The first kappa shape index (κ1) is 10.6. The van der Waals surface area contributed by atoms with E-state index in [9.17, 15) is 0 Å². The molecule has 0 bridgehead atoms. The van der Waals surface area contributed by atoms with Gasteiger partial charge in [-0.05, 0) is 54.5 Å². The van der Waals surface area contributed by atoms with Crippen LogP contribution in [0.5, 0.6) is 5.75 Å². The molecule has 0 amide bonds.